The molecular formula is C21H20N4O2S. The third-order valence-electron chi connectivity index (χ3n) is 4.23. The maximum Gasteiger partial charge on any atom is 0.191 e. The first-order valence-corrected chi connectivity index (χ1v) is 9.95. The Morgan fingerprint density at radius 2 is 1.68 bits per heavy atom. The van der Waals surface area contributed by atoms with Gasteiger partial charge in [-0.1, -0.05) is 77.6 Å². The minimum atomic E-state index is 0.591. The molecule has 2 heterocycles. The summed E-state index contributed by atoms with van der Waals surface area (Å²) >= 11 is 1.59. The third kappa shape index (κ3) is 4.16. The van der Waals surface area contributed by atoms with Gasteiger partial charge in [-0.25, -0.2) is 0 Å². The summed E-state index contributed by atoms with van der Waals surface area (Å²) in [6.07, 6.45) is 0. The molecule has 0 N–H and O–H groups in total. The molecular weight excluding hydrogens is 372 g/mol. The summed E-state index contributed by atoms with van der Waals surface area (Å²) in [5.41, 5.74) is 2.91. The summed E-state index contributed by atoms with van der Waals surface area (Å²) in [6, 6.07) is 22.0. The molecule has 0 aliphatic heterocycles. The van der Waals surface area contributed by atoms with Gasteiger partial charge in [0.15, 0.2) is 16.7 Å². The maximum atomic E-state index is 5.48. The first-order chi connectivity index (χ1) is 13.8. The van der Waals surface area contributed by atoms with Crippen LogP contribution < -0.4 is 0 Å². The average Bonchev–Trinajstić information content (AvgIpc) is 3.39. The van der Waals surface area contributed by atoms with Gasteiger partial charge >= 0.3 is 0 Å². The molecule has 0 aliphatic rings. The predicted molar refractivity (Wildman–Crippen MR) is 109 cm³/mol. The Hall–Kier alpha value is -2.90. The Kier molecular flexibility index (Phi) is 5.84. The van der Waals surface area contributed by atoms with Crippen LogP contribution in [0.5, 0.6) is 0 Å². The van der Waals surface area contributed by atoms with E-state index >= 15 is 0 Å². The second-order valence-electron chi connectivity index (χ2n) is 6.15. The van der Waals surface area contributed by atoms with E-state index < -0.39 is 0 Å². The standard InChI is InChI=1S/C21H20N4O2S/c1-26-13-12-25-20(17-10-6-3-7-11-17)22-23-21(25)28-15-18-14-19(27-24-18)16-8-4-2-5-9-16/h2-11,14H,12-13,15H2,1H3. The van der Waals surface area contributed by atoms with Crippen LogP contribution in [0.25, 0.3) is 22.7 Å². The van der Waals surface area contributed by atoms with E-state index in [9.17, 15) is 0 Å². The summed E-state index contributed by atoms with van der Waals surface area (Å²) in [5.74, 6) is 2.25. The Morgan fingerprint density at radius 1 is 0.964 bits per heavy atom. The highest BCUT2D eigenvalue weighted by molar-refractivity contribution is 7.98. The molecule has 0 spiro atoms. The molecule has 0 saturated carbocycles. The van der Waals surface area contributed by atoms with Crippen LogP contribution in [0.15, 0.2) is 76.4 Å². The molecule has 0 bridgehead atoms. The number of rotatable bonds is 8. The zero-order valence-corrected chi connectivity index (χ0v) is 16.3. The first-order valence-electron chi connectivity index (χ1n) is 8.96. The van der Waals surface area contributed by atoms with Gasteiger partial charge in [0.1, 0.15) is 0 Å². The minimum Gasteiger partial charge on any atom is -0.383 e. The number of nitrogens with zero attached hydrogens (tertiary/aromatic N) is 4. The Balaban J connectivity index is 1.52. The summed E-state index contributed by atoms with van der Waals surface area (Å²) in [6.45, 7) is 1.28. The van der Waals surface area contributed by atoms with Gasteiger partial charge < -0.3 is 9.26 Å². The lowest BCUT2D eigenvalue weighted by molar-refractivity contribution is 0.185. The number of hydrogen-bond acceptors (Lipinski definition) is 6. The lowest BCUT2D eigenvalue weighted by atomic mass is 10.2. The van der Waals surface area contributed by atoms with E-state index in [1.54, 1.807) is 18.9 Å². The Morgan fingerprint density at radius 3 is 2.39 bits per heavy atom. The van der Waals surface area contributed by atoms with Crippen molar-refractivity contribution in [3.8, 4) is 22.7 Å². The van der Waals surface area contributed by atoms with Crippen molar-refractivity contribution in [3.05, 3.63) is 72.4 Å². The number of thioether (sulfide) groups is 1. The second kappa shape index (κ2) is 8.86. The first kappa shape index (κ1) is 18.5. The molecule has 0 atom stereocenters. The molecule has 2 aromatic heterocycles. The maximum absolute atomic E-state index is 5.48. The third-order valence-corrected chi connectivity index (χ3v) is 5.23. The number of benzene rings is 2. The topological polar surface area (TPSA) is 66.0 Å². The SMILES string of the molecule is COCCn1c(SCc2cc(-c3ccccc3)on2)nnc1-c1ccccc1. The van der Waals surface area contributed by atoms with E-state index in [1.807, 2.05) is 66.7 Å². The van der Waals surface area contributed by atoms with Gasteiger partial charge in [-0.3, -0.25) is 4.57 Å². The largest absolute Gasteiger partial charge is 0.383 e. The van der Waals surface area contributed by atoms with Crippen LogP contribution >= 0.6 is 11.8 Å². The normalized spacial score (nSPS) is 11.0. The van der Waals surface area contributed by atoms with Crippen molar-refractivity contribution in [2.75, 3.05) is 13.7 Å². The van der Waals surface area contributed by atoms with Crippen molar-refractivity contribution < 1.29 is 9.26 Å². The van der Waals surface area contributed by atoms with Gasteiger partial charge in [0.05, 0.1) is 18.8 Å². The van der Waals surface area contributed by atoms with Crippen molar-refractivity contribution in [1.29, 1.82) is 0 Å². The van der Waals surface area contributed by atoms with Crippen LogP contribution in [0.3, 0.4) is 0 Å². The highest BCUT2D eigenvalue weighted by Crippen LogP contribution is 2.28. The van der Waals surface area contributed by atoms with Crippen molar-refractivity contribution >= 4 is 11.8 Å². The zero-order chi connectivity index (χ0) is 19.2. The van der Waals surface area contributed by atoms with Gasteiger partial charge in [-0.05, 0) is 0 Å². The fourth-order valence-corrected chi connectivity index (χ4v) is 3.68. The fraction of sp³-hybridized carbons (Fsp3) is 0.190. The summed E-state index contributed by atoms with van der Waals surface area (Å²) in [5, 5.41) is 13.8. The van der Waals surface area contributed by atoms with Gasteiger partial charge in [-0.15, -0.1) is 10.2 Å². The van der Waals surface area contributed by atoms with Gasteiger partial charge in [0.2, 0.25) is 0 Å². The molecule has 2 aromatic carbocycles. The molecule has 4 aromatic rings. The number of aromatic nitrogens is 4. The molecule has 0 fully saturated rings. The summed E-state index contributed by atoms with van der Waals surface area (Å²) in [4.78, 5) is 0. The van der Waals surface area contributed by atoms with Crippen LogP contribution in [0, 0.1) is 0 Å². The quantitative estimate of drug-likeness (QED) is 0.410. The summed E-state index contributed by atoms with van der Waals surface area (Å²) in [7, 11) is 1.69. The van der Waals surface area contributed by atoms with Gasteiger partial charge in [-0.2, -0.15) is 0 Å². The number of hydrogen-bond donors (Lipinski definition) is 0. The molecule has 0 saturated heterocycles. The van der Waals surface area contributed by atoms with Crippen LogP contribution in [-0.2, 0) is 17.0 Å². The summed E-state index contributed by atoms with van der Waals surface area (Å²) < 4.78 is 12.8. The molecule has 7 heteroatoms. The lowest BCUT2D eigenvalue weighted by Gasteiger charge is -2.09. The van der Waals surface area contributed by atoms with Crippen LogP contribution in [-0.4, -0.2) is 33.6 Å². The molecule has 0 radical (unpaired) electrons. The van der Waals surface area contributed by atoms with E-state index in [1.165, 1.54) is 0 Å². The van der Waals surface area contributed by atoms with E-state index in [4.69, 9.17) is 9.26 Å². The molecule has 4 rings (SSSR count). The van der Waals surface area contributed by atoms with E-state index in [0.29, 0.717) is 18.9 Å². The lowest BCUT2D eigenvalue weighted by Crippen LogP contribution is -2.07. The zero-order valence-electron chi connectivity index (χ0n) is 15.5. The molecule has 142 valence electrons. The fourth-order valence-electron chi connectivity index (χ4n) is 2.84. The number of ether oxygens (including phenoxy) is 1. The smallest absolute Gasteiger partial charge is 0.191 e. The predicted octanol–water partition coefficient (Wildman–Crippen LogP) is 4.54. The van der Waals surface area contributed by atoms with Crippen LogP contribution in [0.4, 0.5) is 0 Å². The molecule has 0 unspecified atom stereocenters. The van der Waals surface area contributed by atoms with Crippen molar-refractivity contribution in [2.24, 2.45) is 0 Å². The molecule has 28 heavy (non-hydrogen) atoms. The van der Waals surface area contributed by atoms with Crippen molar-refractivity contribution in [3.63, 3.8) is 0 Å². The minimum absolute atomic E-state index is 0.591. The molecule has 0 amide bonds. The van der Waals surface area contributed by atoms with Crippen molar-refractivity contribution in [1.82, 2.24) is 19.9 Å². The van der Waals surface area contributed by atoms with E-state index in [0.717, 1.165) is 33.6 Å². The highest BCUT2D eigenvalue weighted by atomic mass is 32.2. The van der Waals surface area contributed by atoms with E-state index in [-0.39, 0.29) is 0 Å². The Bertz CT molecular complexity index is 1020. The van der Waals surface area contributed by atoms with Gasteiger partial charge in [0, 0.05) is 30.1 Å². The van der Waals surface area contributed by atoms with Crippen LogP contribution in [0.1, 0.15) is 5.69 Å². The molecule has 6 nitrogen and oxygen atoms in total. The van der Waals surface area contributed by atoms with Crippen LogP contribution in [0.2, 0.25) is 0 Å². The van der Waals surface area contributed by atoms with E-state index in [2.05, 4.69) is 19.9 Å². The monoisotopic (exact) mass is 392 g/mol. The van der Waals surface area contributed by atoms with Crippen molar-refractivity contribution in [2.45, 2.75) is 17.5 Å². The number of methoxy groups -OCH3 is 1. The second-order valence-corrected chi connectivity index (χ2v) is 7.10. The Labute approximate surface area is 167 Å². The average molecular weight is 392 g/mol. The van der Waals surface area contributed by atoms with Gasteiger partial charge in [0.25, 0.3) is 0 Å². The molecule has 0 aliphatic carbocycles. The highest BCUT2D eigenvalue weighted by Gasteiger charge is 2.15.